The van der Waals surface area contributed by atoms with Gasteiger partial charge in [0.2, 0.25) is 0 Å². The number of esters is 2. The molecular weight excluding hydrogens is 468 g/mol. The van der Waals surface area contributed by atoms with E-state index in [9.17, 15) is 14.7 Å². The Labute approximate surface area is 224 Å². The van der Waals surface area contributed by atoms with Crippen molar-refractivity contribution in [2.75, 3.05) is 13.2 Å². The first kappa shape index (κ1) is 34.3. The molecule has 1 fully saturated rings. The number of aliphatic hydroxyl groups is 2. The molecule has 2 atom stereocenters. The number of hydrogen-bond donors (Lipinski definition) is 2. The van der Waals surface area contributed by atoms with Gasteiger partial charge in [0.15, 0.2) is 0 Å². The highest BCUT2D eigenvalue weighted by atomic mass is 16.5. The second-order valence-electron chi connectivity index (χ2n) is 10.1. The molecular formula is C31H48O6. The zero-order chi connectivity index (χ0) is 26.8. The van der Waals surface area contributed by atoms with Gasteiger partial charge in [0.1, 0.15) is 6.61 Å². The number of carbonyl (C=O) groups excluding carboxylic acids is 2. The normalized spacial score (nSPS) is 14.9. The van der Waals surface area contributed by atoms with Crippen LogP contribution in [0.5, 0.6) is 0 Å². The van der Waals surface area contributed by atoms with Crippen LogP contribution in [0.4, 0.5) is 0 Å². The Morgan fingerprint density at radius 2 is 1.51 bits per heavy atom. The Morgan fingerprint density at radius 3 is 1.92 bits per heavy atom. The lowest BCUT2D eigenvalue weighted by Crippen LogP contribution is -2.16. The van der Waals surface area contributed by atoms with Gasteiger partial charge in [-0.05, 0) is 41.7 Å². The molecule has 37 heavy (non-hydrogen) atoms. The van der Waals surface area contributed by atoms with Crippen molar-refractivity contribution in [3.63, 3.8) is 0 Å². The van der Waals surface area contributed by atoms with Crippen LogP contribution in [-0.4, -0.2) is 35.4 Å². The van der Waals surface area contributed by atoms with Gasteiger partial charge in [-0.1, -0.05) is 95.8 Å². The van der Waals surface area contributed by atoms with Gasteiger partial charge in [0.05, 0.1) is 26.1 Å². The summed E-state index contributed by atoms with van der Waals surface area (Å²) in [7, 11) is 0. The fourth-order valence-electron chi connectivity index (χ4n) is 3.89. The minimum atomic E-state index is -0.237. The van der Waals surface area contributed by atoms with Crippen molar-refractivity contribution >= 4 is 11.9 Å². The molecule has 0 radical (unpaired) electrons. The molecule has 1 saturated heterocycles. The van der Waals surface area contributed by atoms with Gasteiger partial charge in [-0.15, -0.1) is 0 Å². The lowest BCUT2D eigenvalue weighted by atomic mass is 9.95. The predicted molar refractivity (Wildman–Crippen MR) is 149 cm³/mol. The van der Waals surface area contributed by atoms with E-state index in [4.69, 9.17) is 14.6 Å². The molecule has 0 aliphatic carbocycles. The van der Waals surface area contributed by atoms with Crippen molar-refractivity contribution in [3.05, 3.63) is 71.8 Å². The fourth-order valence-corrected chi connectivity index (χ4v) is 3.89. The van der Waals surface area contributed by atoms with Crippen molar-refractivity contribution in [1.29, 1.82) is 0 Å². The summed E-state index contributed by atoms with van der Waals surface area (Å²) in [5.41, 5.74) is 1.95. The molecule has 0 aromatic heterocycles. The lowest BCUT2D eigenvalue weighted by Gasteiger charge is -2.15. The number of hydrogen-bond acceptors (Lipinski definition) is 6. The molecule has 208 valence electrons. The highest BCUT2D eigenvalue weighted by Crippen LogP contribution is 2.21. The molecule has 6 nitrogen and oxygen atoms in total. The van der Waals surface area contributed by atoms with E-state index in [0.717, 1.165) is 24.0 Å². The molecule has 0 spiro atoms. The van der Waals surface area contributed by atoms with E-state index in [1.54, 1.807) is 0 Å². The van der Waals surface area contributed by atoms with Gasteiger partial charge < -0.3 is 19.7 Å². The van der Waals surface area contributed by atoms with Crippen LogP contribution in [0.25, 0.3) is 0 Å². The molecule has 1 heterocycles. The number of cyclic esters (lactones) is 1. The predicted octanol–water partition coefficient (Wildman–Crippen LogP) is 6.19. The van der Waals surface area contributed by atoms with Crippen molar-refractivity contribution in [3.8, 4) is 0 Å². The number of aliphatic hydroxyl groups excluding tert-OH is 2. The van der Waals surface area contributed by atoms with Gasteiger partial charge >= 0.3 is 11.9 Å². The summed E-state index contributed by atoms with van der Waals surface area (Å²) >= 11 is 0. The second-order valence-corrected chi connectivity index (χ2v) is 10.1. The van der Waals surface area contributed by atoms with Crippen molar-refractivity contribution in [2.24, 2.45) is 23.7 Å². The van der Waals surface area contributed by atoms with Crippen molar-refractivity contribution < 1.29 is 29.3 Å². The molecule has 1 aliphatic heterocycles. The number of ether oxygens (including phenoxy) is 2. The smallest absolute Gasteiger partial charge is 0.306 e. The average Bonchev–Trinajstić information content (AvgIpc) is 3.27. The molecule has 0 unspecified atom stereocenters. The monoisotopic (exact) mass is 516 g/mol. The maximum atomic E-state index is 11.6. The largest absolute Gasteiger partial charge is 0.465 e. The third kappa shape index (κ3) is 17.4. The standard InChI is InChI=1S/C15H22O3.C8H14O2.C7H8O.CH4/c1-12(2)8-14(10-16)9-15(17)18-11-13-6-4-3-5-7-13;1-6(2)3-7-4-8(9)10-5-7;8-6-7-4-2-1-3-5-7;/h3-7,12,14,16H,8-11H2,1-2H3;6-7H,3-5H2,1-2H3;1-5,8H,6H2;1H4/t14-;7-;;/m00../s1. The molecule has 2 aromatic rings. The molecule has 3 rings (SSSR count). The molecule has 0 bridgehead atoms. The summed E-state index contributed by atoms with van der Waals surface area (Å²) in [6.45, 7) is 9.64. The summed E-state index contributed by atoms with van der Waals surface area (Å²) in [4.78, 5) is 22.2. The Hall–Kier alpha value is -2.70. The van der Waals surface area contributed by atoms with Crippen LogP contribution in [0.2, 0.25) is 0 Å². The zero-order valence-electron chi connectivity index (χ0n) is 22.3. The number of carbonyl (C=O) groups is 2. The summed E-state index contributed by atoms with van der Waals surface area (Å²) in [6, 6.07) is 19.1. The summed E-state index contributed by atoms with van der Waals surface area (Å²) in [6.07, 6.45) is 2.89. The van der Waals surface area contributed by atoms with E-state index < -0.39 is 0 Å². The maximum Gasteiger partial charge on any atom is 0.306 e. The summed E-state index contributed by atoms with van der Waals surface area (Å²) in [5, 5.41) is 17.7. The minimum absolute atomic E-state index is 0. The van der Waals surface area contributed by atoms with Gasteiger partial charge in [-0.3, -0.25) is 9.59 Å². The Bertz CT molecular complexity index is 835. The van der Waals surface area contributed by atoms with E-state index >= 15 is 0 Å². The molecule has 2 N–H and O–H groups in total. The van der Waals surface area contributed by atoms with E-state index in [2.05, 4.69) is 27.7 Å². The van der Waals surface area contributed by atoms with E-state index in [1.807, 2.05) is 60.7 Å². The van der Waals surface area contributed by atoms with Gasteiger partial charge in [-0.25, -0.2) is 0 Å². The average molecular weight is 517 g/mol. The molecule has 6 heteroatoms. The third-order valence-corrected chi connectivity index (χ3v) is 5.53. The highest BCUT2D eigenvalue weighted by molar-refractivity contribution is 5.71. The van der Waals surface area contributed by atoms with Gasteiger partial charge in [-0.2, -0.15) is 0 Å². The van der Waals surface area contributed by atoms with Crippen molar-refractivity contribution in [1.82, 2.24) is 0 Å². The maximum absolute atomic E-state index is 11.6. The summed E-state index contributed by atoms with van der Waals surface area (Å²) < 4.78 is 10.0. The van der Waals surface area contributed by atoms with E-state index in [1.165, 1.54) is 0 Å². The fraction of sp³-hybridized carbons (Fsp3) is 0.548. The second kappa shape index (κ2) is 20.4. The quantitative estimate of drug-likeness (QED) is 0.366. The molecule has 0 saturated carbocycles. The number of rotatable bonds is 10. The SMILES string of the molecule is C.CC(C)C[C@@H]1COC(=O)C1.CC(C)C[C@H](CO)CC(=O)OCc1ccccc1.OCc1ccccc1. The first-order chi connectivity index (χ1) is 17.2. The van der Waals surface area contributed by atoms with Gasteiger partial charge in [0.25, 0.3) is 0 Å². The van der Waals surface area contributed by atoms with Crippen LogP contribution >= 0.6 is 0 Å². The van der Waals surface area contributed by atoms with E-state index in [-0.39, 0.29) is 38.5 Å². The van der Waals surface area contributed by atoms with Crippen LogP contribution in [-0.2, 0) is 32.3 Å². The Balaban J connectivity index is 0.000000574. The zero-order valence-corrected chi connectivity index (χ0v) is 22.3. The van der Waals surface area contributed by atoms with Crippen LogP contribution in [0.15, 0.2) is 60.7 Å². The number of benzene rings is 2. The first-order valence-electron chi connectivity index (χ1n) is 12.8. The summed E-state index contributed by atoms with van der Waals surface area (Å²) in [5.74, 6) is 1.40. The highest BCUT2D eigenvalue weighted by Gasteiger charge is 2.23. The van der Waals surface area contributed by atoms with Crippen LogP contribution in [0.3, 0.4) is 0 Å². The third-order valence-electron chi connectivity index (χ3n) is 5.53. The molecule has 2 aromatic carbocycles. The van der Waals surface area contributed by atoms with Crippen LogP contribution < -0.4 is 0 Å². The Morgan fingerprint density at radius 1 is 0.946 bits per heavy atom. The first-order valence-corrected chi connectivity index (χ1v) is 12.8. The van der Waals surface area contributed by atoms with E-state index in [0.29, 0.717) is 43.8 Å². The topological polar surface area (TPSA) is 93.1 Å². The van der Waals surface area contributed by atoms with Crippen molar-refractivity contribution in [2.45, 2.75) is 74.0 Å². The Kier molecular flexibility index (Phi) is 18.9. The van der Waals surface area contributed by atoms with Crippen LogP contribution in [0, 0.1) is 23.7 Å². The van der Waals surface area contributed by atoms with Crippen LogP contribution in [0.1, 0.15) is 71.9 Å². The minimum Gasteiger partial charge on any atom is -0.465 e. The van der Waals surface area contributed by atoms with Gasteiger partial charge in [0, 0.05) is 12.5 Å². The molecule has 0 amide bonds. The lowest BCUT2D eigenvalue weighted by molar-refractivity contribution is -0.146. The molecule has 1 aliphatic rings.